The molecular formula is C24H15ClN4O2. The lowest BCUT2D eigenvalue weighted by atomic mass is 10.2. The van der Waals surface area contributed by atoms with Crippen LogP contribution in [-0.4, -0.2) is 19.3 Å². The van der Waals surface area contributed by atoms with E-state index >= 15 is 0 Å². The van der Waals surface area contributed by atoms with E-state index in [1.54, 1.807) is 54.6 Å². The zero-order valence-corrected chi connectivity index (χ0v) is 16.9. The minimum Gasteiger partial charge on any atom is -0.267 e. The third-order valence-corrected chi connectivity index (χ3v) is 5.19. The Morgan fingerprint density at radius 3 is 2.13 bits per heavy atom. The summed E-state index contributed by atoms with van der Waals surface area (Å²) in [7, 11) is 0. The molecule has 0 amide bonds. The second kappa shape index (κ2) is 7.66. The summed E-state index contributed by atoms with van der Waals surface area (Å²) in [6.07, 6.45) is 4.85. The quantitative estimate of drug-likeness (QED) is 0.432. The number of aromatic nitrogens is 4. The summed E-state index contributed by atoms with van der Waals surface area (Å²) < 4.78 is 2.45. The number of rotatable bonds is 3. The van der Waals surface area contributed by atoms with Crippen LogP contribution in [0.25, 0.3) is 34.0 Å². The van der Waals surface area contributed by atoms with E-state index in [2.05, 4.69) is 9.97 Å². The predicted octanol–water partition coefficient (Wildman–Crippen LogP) is 4.24. The molecule has 0 unspecified atom stereocenters. The van der Waals surface area contributed by atoms with Gasteiger partial charge in [-0.15, -0.1) is 0 Å². The Labute approximate surface area is 181 Å². The minimum absolute atomic E-state index is 0.304. The van der Waals surface area contributed by atoms with E-state index in [1.165, 1.54) is 15.7 Å². The molecule has 0 spiro atoms. The first-order chi connectivity index (χ1) is 15.1. The van der Waals surface area contributed by atoms with Gasteiger partial charge in [0.1, 0.15) is 6.33 Å². The number of hydrogen-bond donors (Lipinski definition) is 0. The molecule has 0 radical (unpaired) electrons. The summed E-state index contributed by atoms with van der Waals surface area (Å²) in [5.74, 6) is 0.304. The number of halogens is 1. The number of para-hydroxylation sites is 2. The molecule has 0 aliphatic heterocycles. The lowest BCUT2D eigenvalue weighted by Gasteiger charge is -2.13. The number of benzene rings is 3. The van der Waals surface area contributed by atoms with Gasteiger partial charge in [-0.2, -0.15) is 9.35 Å². The van der Waals surface area contributed by atoms with E-state index in [4.69, 9.17) is 11.6 Å². The van der Waals surface area contributed by atoms with Crippen molar-refractivity contribution >= 4 is 45.6 Å². The fourth-order valence-corrected chi connectivity index (χ4v) is 3.53. The third kappa shape index (κ3) is 3.43. The van der Waals surface area contributed by atoms with Gasteiger partial charge >= 0.3 is 0 Å². The molecule has 7 heteroatoms. The van der Waals surface area contributed by atoms with Crippen molar-refractivity contribution in [3.8, 4) is 0 Å². The fourth-order valence-electron chi connectivity index (χ4n) is 3.40. The summed E-state index contributed by atoms with van der Waals surface area (Å²) in [6.45, 7) is 0. The Bertz CT molecular complexity index is 1580. The molecule has 5 aromatic rings. The molecule has 6 nitrogen and oxygen atoms in total. The molecule has 0 aliphatic carbocycles. The van der Waals surface area contributed by atoms with Crippen LogP contribution in [0.1, 0.15) is 11.4 Å². The first-order valence-electron chi connectivity index (χ1n) is 9.54. The van der Waals surface area contributed by atoms with Crippen molar-refractivity contribution in [3.05, 3.63) is 116 Å². The molecule has 0 bridgehead atoms. The lowest BCUT2D eigenvalue weighted by Crippen LogP contribution is -2.37. The van der Waals surface area contributed by atoms with Crippen LogP contribution in [0.5, 0.6) is 0 Å². The standard InChI is InChI=1S/C24H15ClN4O2/c25-17-12-9-16(10-13-17)11-14-22-27-21-8-4-2-6-19(21)24(31)29(22)28-15-26-20-7-3-1-5-18(20)23(28)30/h1-15H/b14-11+. The number of fused-ring (bicyclic) bond motifs is 2. The Kier molecular flexibility index (Phi) is 4.69. The summed E-state index contributed by atoms with van der Waals surface area (Å²) >= 11 is 5.96. The largest absolute Gasteiger partial charge is 0.281 e. The van der Waals surface area contributed by atoms with Crippen molar-refractivity contribution in [1.29, 1.82) is 0 Å². The SMILES string of the molecule is O=c1c2ccccc2ncn1-n1c(/C=C/c2ccc(Cl)cc2)nc2ccccc2c1=O. The Hall–Kier alpha value is -4.03. The van der Waals surface area contributed by atoms with E-state index in [-0.39, 0.29) is 11.1 Å². The third-order valence-electron chi connectivity index (χ3n) is 4.94. The Morgan fingerprint density at radius 2 is 1.39 bits per heavy atom. The van der Waals surface area contributed by atoms with Gasteiger partial charge in [0, 0.05) is 5.02 Å². The van der Waals surface area contributed by atoms with Crippen LogP contribution in [-0.2, 0) is 0 Å². The molecule has 2 heterocycles. The Balaban J connectivity index is 1.79. The van der Waals surface area contributed by atoms with Gasteiger partial charge in [0.2, 0.25) is 0 Å². The van der Waals surface area contributed by atoms with Crippen molar-refractivity contribution in [1.82, 2.24) is 19.3 Å². The zero-order valence-electron chi connectivity index (χ0n) is 16.1. The van der Waals surface area contributed by atoms with Gasteiger partial charge in [-0.05, 0) is 48.0 Å². The predicted molar refractivity (Wildman–Crippen MR) is 123 cm³/mol. The van der Waals surface area contributed by atoms with Gasteiger partial charge in [-0.1, -0.05) is 54.1 Å². The fraction of sp³-hybridized carbons (Fsp3) is 0. The lowest BCUT2D eigenvalue weighted by molar-refractivity contribution is 0.586. The van der Waals surface area contributed by atoms with E-state index < -0.39 is 0 Å². The van der Waals surface area contributed by atoms with Gasteiger partial charge in [-0.3, -0.25) is 9.59 Å². The van der Waals surface area contributed by atoms with Gasteiger partial charge in [0.15, 0.2) is 5.82 Å². The van der Waals surface area contributed by atoms with Crippen molar-refractivity contribution in [2.75, 3.05) is 0 Å². The van der Waals surface area contributed by atoms with E-state index in [1.807, 2.05) is 30.3 Å². The molecule has 5 rings (SSSR count). The maximum absolute atomic E-state index is 13.4. The Morgan fingerprint density at radius 1 is 0.742 bits per heavy atom. The molecule has 2 aromatic heterocycles. The molecule has 0 atom stereocenters. The second-order valence-electron chi connectivity index (χ2n) is 6.90. The molecule has 0 N–H and O–H groups in total. The van der Waals surface area contributed by atoms with E-state index in [0.717, 1.165) is 5.56 Å². The summed E-state index contributed by atoms with van der Waals surface area (Å²) in [5, 5.41) is 1.45. The van der Waals surface area contributed by atoms with Crippen molar-refractivity contribution in [2.24, 2.45) is 0 Å². The molecule has 0 fully saturated rings. The van der Waals surface area contributed by atoms with Crippen molar-refractivity contribution in [2.45, 2.75) is 0 Å². The molecule has 0 saturated carbocycles. The summed E-state index contributed by atoms with van der Waals surface area (Å²) in [4.78, 5) is 35.5. The van der Waals surface area contributed by atoms with Crippen LogP contribution >= 0.6 is 11.6 Å². The second-order valence-corrected chi connectivity index (χ2v) is 7.34. The zero-order chi connectivity index (χ0) is 21.4. The molecule has 0 saturated heterocycles. The van der Waals surface area contributed by atoms with Crippen molar-refractivity contribution in [3.63, 3.8) is 0 Å². The van der Waals surface area contributed by atoms with Gasteiger partial charge in [0.25, 0.3) is 11.1 Å². The van der Waals surface area contributed by atoms with Crippen LogP contribution < -0.4 is 11.1 Å². The minimum atomic E-state index is -0.361. The first kappa shape index (κ1) is 19.0. The van der Waals surface area contributed by atoms with Crippen LogP contribution in [0.4, 0.5) is 0 Å². The van der Waals surface area contributed by atoms with Crippen LogP contribution in [0, 0.1) is 0 Å². The average molecular weight is 427 g/mol. The monoisotopic (exact) mass is 426 g/mol. The van der Waals surface area contributed by atoms with Crippen LogP contribution in [0.15, 0.2) is 88.7 Å². The first-order valence-corrected chi connectivity index (χ1v) is 9.92. The van der Waals surface area contributed by atoms with Gasteiger partial charge < -0.3 is 0 Å². The average Bonchev–Trinajstić information content (AvgIpc) is 2.80. The maximum Gasteiger partial charge on any atom is 0.281 e. The summed E-state index contributed by atoms with van der Waals surface area (Å²) in [6, 6.07) is 21.3. The highest BCUT2D eigenvalue weighted by molar-refractivity contribution is 6.30. The molecule has 0 aliphatic rings. The molecule has 150 valence electrons. The highest BCUT2D eigenvalue weighted by Crippen LogP contribution is 2.14. The topological polar surface area (TPSA) is 69.8 Å². The van der Waals surface area contributed by atoms with Gasteiger partial charge in [0.05, 0.1) is 21.8 Å². The molecule has 3 aromatic carbocycles. The maximum atomic E-state index is 13.4. The normalized spacial score (nSPS) is 11.5. The number of hydrogen-bond acceptors (Lipinski definition) is 4. The highest BCUT2D eigenvalue weighted by Gasteiger charge is 2.13. The summed E-state index contributed by atoms with van der Waals surface area (Å²) in [5.41, 5.74) is 1.26. The van der Waals surface area contributed by atoms with E-state index in [0.29, 0.717) is 32.7 Å². The highest BCUT2D eigenvalue weighted by atomic mass is 35.5. The van der Waals surface area contributed by atoms with Gasteiger partial charge in [-0.25, -0.2) is 9.97 Å². The van der Waals surface area contributed by atoms with E-state index in [9.17, 15) is 9.59 Å². The van der Waals surface area contributed by atoms with Crippen LogP contribution in [0.2, 0.25) is 5.02 Å². The molecular weight excluding hydrogens is 412 g/mol. The van der Waals surface area contributed by atoms with Crippen molar-refractivity contribution < 1.29 is 0 Å². The smallest absolute Gasteiger partial charge is 0.267 e. The molecule has 31 heavy (non-hydrogen) atoms. The van der Waals surface area contributed by atoms with Crippen LogP contribution in [0.3, 0.4) is 0 Å². The number of nitrogens with zero attached hydrogens (tertiary/aromatic N) is 4.